The molecule has 5 heteroatoms. The van der Waals surface area contributed by atoms with Crippen LogP contribution in [0, 0.1) is 46.3 Å². The van der Waals surface area contributed by atoms with E-state index < -0.39 is 11.8 Å². The Kier molecular flexibility index (Phi) is 5.81. The zero-order chi connectivity index (χ0) is 21.9. The topological polar surface area (TPSA) is 98.0 Å². The van der Waals surface area contributed by atoms with Gasteiger partial charge in [-0.3, -0.25) is 0 Å². The summed E-state index contributed by atoms with van der Waals surface area (Å²) >= 11 is 0. The third kappa shape index (κ3) is 3.26. The van der Waals surface area contributed by atoms with Gasteiger partial charge in [0.2, 0.25) is 0 Å². The van der Waals surface area contributed by atoms with Crippen LogP contribution in [0.4, 0.5) is 0 Å². The number of aliphatic hydroxyl groups is 3. The van der Waals surface area contributed by atoms with Crippen molar-refractivity contribution in [3.8, 4) is 0 Å². The molecule has 0 saturated heterocycles. The first-order chi connectivity index (χ1) is 14.1. The lowest BCUT2D eigenvalue weighted by Crippen LogP contribution is -2.61. The number of carboxylic acids is 1. The van der Waals surface area contributed by atoms with Crippen LogP contribution in [0.5, 0.6) is 0 Å². The fourth-order valence-electron chi connectivity index (χ4n) is 9.10. The quantitative estimate of drug-likeness (QED) is 0.498. The molecular formula is C25H42O5. The Morgan fingerprint density at radius 3 is 2.33 bits per heavy atom. The average molecular weight is 423 g/mol. The molecule has 0 aliphatic heterocycles. The van der Waals surface area contributed by atoms with E-state index in [1.165, 1.54) is 25.7 Å². The molecule has 0 amide bonds. The lowest BCUT2D eigenvalue weighted by Gasteiger charge is -2.64. The van der Waals surface area contributed by atoms with Crippen molar-refractivity contribution in [1.29, 1.82) is 0 Å². The number of carbonyl (C=O) groups is 1. The number of carboxylic acid groups (broad SMARTS) is 1. The number of fused-ring (bicyclic) bond motifs is 5. The molecule has 7 unspecified atom stereocenters. The summed E-state index contributed by atoms with van der Waals surface area (Å²) < 4.78 is 0. The molecule has 9 atom stereocenters. The second-order valence-electron chi connectivity index (χ2n) is 11.7. The Hall–Kier alpha value is -0.650. The highest BCUT2D eigenvalue weighted by Crippen LogP contribution is 2.69. The largest absolute Gasteiger partial charge is 0.477 e. The van der Waals surface area contributed by atoms with Gasteiger partial charge in [-0.05, 0) is 91.3 Å². The summed E-state index contributed by atoms with van der Waals surface area (Å²) in [6, 6.07) is 0. The van der Waals surface area contributed by atoms with Crippen molar-refractivity contribution in [2.24, 2.45) is 46.3 Å². The van der Waals surface area contributed by atoms with Gasteiger partial charge in [-0.1, -0.05) is 40.0 Å². The predicted molar refractivity (Wildman–Crippen MR) is 114 cm³/mol. The normalized spacial score (nSPS) is 48.5. The lowest BCUT2D eigenvalue weighted by atomic mass is 9.41. The minimum Gasteiger partial charge on any atom is -0.477 e. The molecule has 4 fully saturated rings. The number of aliphatic hydroxyl groups excluding tert-OH is 1. The molecule has 0 heterocycles. The van der Waals surface area contributed by atoms with E-state index in [9.17, 15) is 20.1 Å². The monoisotopic (exact) mass is 422 g/mol. The van der Waals surface area contributed by atoms with Gasteiger partial charge in [0, 0.05) is 6.42 Å². The van der Waals surface area contributed by atoms with E-state index in [0.29, 0.717) is 47.3 Å². The summed E-state index contributed by atoms with van der Waals surface area (Å²) in [5.74, 6) is -1.47. The van der Waals surface area contributed by atoms with Crippen LogP contribution >= 0.6 is 0 Å². The van der Waals surface area contributed by atoms with Crippen LogP contribution in [0.1, 0.15) is 91.4 Å². The van der Waals surface area contributed by atoms with Gasteiger partial charge in [0.25, 0.3) is 5.79 Å². The van der Waals surface area contributed by atoms with E-state index in [1.54, 1.807) is 0 Å². The number of rotatable bonds is 5. The summed E-state index contributed by atoms with van der Waals surface area (Å²) in [5, 5.41) is 40.3. The van der Waals surface area contributed by atoms with E-state index in [-0.39, 0.29) is 17.9 Å². The first-order valence-electron chi connectivity index (χ1n) is 12.4. The minimum atomic E-state index is -2.63. The Morgan fingerprint density at radius 2 is 1.67 bits per heavy atom. The maximum atomic E-state index is 11.6. The van der Waals surface area contributed by atoms with E-state index in [1.807, 2.05) is 0 Å². The number of hydrogen-bond acceptors (Lipinski definition) is 4. The molecule has 30 heavy (non-hydrogen) atoms. The molecule has 0 bridgehead atoms. The van der Waals surface area contributed by atoms with Crippen molar-refractivity contribution >= 4 is 5.97 Å². The highest BCUT2D eigenvalue weighted by molar-refractivity contribution is 5.74. The van der Waals surface area contributed by atoms with E-state index in [4.69, 9.17) is 5.11 Å². The molecule has 0 radical (unpaired) electrons. The molecule has 5 nitrogen and oxygen atoms in total. The van der Waals surface area contributed by atoms with E-state index in [0.717, 1.165) is 32.1 Å². The van der Waals surface area contributed by atoms with Gasteiger partial charge in [-0.2, -0.15) is 0 Å². The first kappa shape index (κ1) is 22.5. The summed E-state index contributed by atoms with van der Waals surface area (Å²) in [7, 11) is 0. The van der Waals surface area contributed by atoms with Gasteiger partial charge in [-0.25, -0.2) is 4.79 Å². The van der Waals surface area contributed by atoms with Crippen LogP contribution < -0.4 is 0 Å². The van der Waals surface area contributed by atoms with Crippen LogP contribution in [0.25, 0.3) is 0 Å². The summed E-state index contributed by atoms with van der Waals surface area (Å²) in [6.45, 7) is 7.11. The van der Waals surface area contributed by atoms with Crippen molar-refractivity contribution in [2.75, 3.05) is 0 Å². The molecule has 4 aliphatic rings. The Balaban J connectivity index is 1.58. The molecule has 0 aromatic carbocycles. The summed E-state index contributed by atoms with van der Waals surface area (Å²) in [6.07, 6.45) is 10.8. The third-order valence-corrected chi connectivity index (χ3v) is 10.7. The van der Waals surface area contributed by atoms with Crippen molar-refractivity contribution in [2.45, 2.75) is 103 Å². The van der Waals surface area contributed by atoms with Crippen LogP contribution in [0.2, 0.25) is 0 Å². The second kappa shape index (κ2) is 7.74. The molecular weight excluding hydrogens is 380 g/mol. The maximum absolute atomic E-state index is 11.6. The molecule has 4 aliphatic carbocycles. The molecule has 0 aromatic heterocycles. The van der Waals surface area contributed by atoms with Crippen LogP contribution in [-0.4, -0.2) is 38.3 Å². The van der Waals surface area contributed by atoms with E-state index >= 15 is 0 Å². The standard InChI is InChI=1S/C25H42O5/c1-4-16-17-7-5-6-12-24(17,3)19-11-13-23(2)15(10-14-25(29,30)22(27)28)8-9-18(23)20(19)21(16)26/h15-21,26,29-30H,4-14H2,1-3H3,(H,27,28)/t15?,16-,17?,18?,19+,20?,21?,23?,24?/m1/s1. The smallest absolute Gasteiger partial charge is 0.364 e. The average Bonchev–Trinajstić information content (AvgIpc) is 3.03. The summed E-state index contributed by atoms with van der Waals surface area (Å²) in [4.78, 5) is 11.1. The van der Waals surface area contributed by atoms with Crippen LogP contribution in [0.3, 0.4) is 0 Å². The Morgan fingerprint density at radius 1 is 0.967 bits per heavy atom. The third-order valence-electron chi connectivity index (χ3n) is 10.7. The first-order valence-corrected chi connectivity index (χ1v) is 12.4. The van der Waals surface area contributed by atoms with Crippen molar-refractivity contribution in [3.63, 3.8) is 0 Å². The molecule has 172 valence electrons. The molecule has 0 spiro atoms. The van der Waals surface area contributed by atoms with Gasteiger partial charge in [0.1, 0.15) is 0 Å². The molecule has 0 aromatic rings. The number of hydrogen-bond donors (Lipinski definition) is 4. The zero-order valence-corrected chi connectivity index (χ0v) is 19.0. The van der Waals surface area contributed by atoms with Gasteiger partial charge in [0.05, 0.1) is 6.10 Å². The van der Waals surface area contributed by atoms with Gasteiger partial charge < -0.3 is 20.4 Å². The SMILES string of the molecule is CC[C@H]1C(O)C2C3CCC(CCC(O)(O)C(=O)O)C3(C)CC[C@@H]2C2(C)CCCCC12. The molecule has 4 rings (SSSR count). The fourth-order valence-corrected chi connectivity index (χ4v) is 9.10. The zero-order valence-electron chi connectivity index (χ0n) is 19.0. The minimum absolute atomic E-state index is 0.0624. The van der Waals surface area contributed by atoms with E-state index in [2.05, 4.69) is 20.8 Å². The predicted octanol–water partition coefficient (Wildman–Crippen LogP) is 4.19. The van der Waals surface area contributed by atoms with Crippen LogP contribution in [0.15, 0.2) is 0 Å². The fraction of sp³-hybridized carbons (Fsp3) is 0.960. The highest BCUT2D eigenvalue weighted by Gasteiger charge is 2.64. The molecule has 4 saturated carbocycles. The second-order valence-corrected chi connectivity index (χ2v) is 11.7. The van der Waals surface area contributed by atoms with Gasteiger partial charge in [-0.15, -0.1) is 0 Å². The Bertz CT molecular complexity index is 662. The van der Waals surface area contributed by atoms with Crippen molar-refractivity contribution in [3.05, 3.63) is 0 Å². The highest BCUT2D eigenvalue weighted by atomic mass is 16.5. The van der Waals surface area contributed by atoms with Crippen LogP contribution in [-0.2, 0) is 4.79 Å². The number of aliphatic carboxylic acids is 1. The lowest BCUT2D eigenvalue weighted by molar-refractivity contribution is -0.209. The van der Waals surface area contributed by atoms with Crippen molar-refractivity contribution < 1.29 is 25.2 Å². The molecule has 4 N–H and O–H groups in total. The Labute approximate surface area is 181 Å². The summed E-state index contributed by atoms with van der Waals surface area (Å²) in [5.41, 5.74) is 0.407. The maximum Gasteiger partial charge on any atom is 0.364 e. The van der Waals surface area contributed by atoms with Gasteiger partial charge in [0.15, 0.2) is 0 Å². The van der Waals surface area contributed by atoms with Crippen molar-refractivity contribution in [1.82, 2.24) is 0 Å². The van der Waals surface area contributed by atoms with Gasteiger partial charge >= 0.3 is 5.97 Å².